The number of nitrogens with two attached hydrogens (primary N) is 4. The quantitative estimate of drug-likeness (QED) is 0.0339. The van der Waals surface area contributed by atoms with Gasteiger partial charge in [-0.3, -0.25) is 9.59 Å². The molecule has 0 fully saturated rings. The Kier molecular flexibility index (Phi) is 80.4. The molecule has 10 N–H and O–H groups in total. The minimum absolute atomic E-state index is 0.122. The number of carbonyl (C=O) groups excluding carboxylic acids is 1. The van der Waals surface area contributed by atoms with Gasteiger partial charge in [0.25, 0.3) is 0 Å². The Morgan fingerprint density at radius 1 is 0.232 bits per heavy atom. The van der Waals surface area contributed by atoms with E-state index in [2.05, 4.69) is 5.32 Å². The lowest BCUT2D eigenvalue weighted by atomic mass is 10.2. The minimum atomic E-state index is -1.07. The highest BCUT2D eigenvalue weighted by Gasteiger charge is 2.16. The van der Waals surface area contributed by atoms with Crippen LogP contribution >= 0.6 is 0 Å². The van der Waals surface area contributed by atoms with E-state index in [0.717, 1.165) is 0 Å². The largest absolute Gasteiger partial charge is 0.481 e. The number of carboxylic acids is 1. The highest BCUT2D eigenvalue weighted by Crippen LogP contribution is 2.01. The maximum absolute atomic E-state index is 12.4. The van der Waals surface area contributed by atoms with Gasteiger partial charge in [0.05, 0.1) is 343 Å². The Bertz CT molecular complexity index is 1410. The fraction of sp³-hybridized carbons (Fsp3) is 0.967. The molecule has 0 aromatic rings. The zero-order valence-corrected chi connectivity index (χ0v) is 57.0. The van der Waals surface area contributed by atoms with Gasteiger partial charge in [0.2, 0.25) is 5.91 Å². The third-order valence-electron chi connectivity index (χ3n) is 11.7. The number of amides is 1. The number of nitrogens with one attached hydrogen (secondary N) is 1. The number of carbonyl (C=O) groups is 2. The Labute approximate surface area is 564 Å². The number of rotatable bonds is 86. The zero-order valence-electron chi connectivity index (χ0n) is 57.0. The third kappa shape index (κ3) is 78.9. The van der Waals surface area contributed by atoms with Gasteiger partial charge in [-0.15, -0.1) is 0 Å². The smallest absolute Gasteiger partial charge is 0.303 e. The maximum Gasteiger partial charge on any atom is 0.303 e. The molecular weight excluding hydrogens is 1270 g/mol. The van der Waals surface area contributed by atoms with Gasteiger partial charge in [-0.2, -0.15) is 0 Å². The van der Waals surface area contributed by atoms with Crippen molar-refractivity contribution in [3.63, 3.8) is 0 Å². The molecule has 0 aliphatic carbocycles. The van der Waals surface area contributed by atoms with E-state index in [1.54, 1.807) is 0 Å². The predicted octanol–water partition coefficient (Wildman–Crippen LogP) is -2.66. The summed E-state index contributed by atoms with van der Waals surface area (Å²) in [5.41, 5.74) is 21.6. The lowest BCUT2D eigenvalue weighted by Gasteiger charge is -2.19. The third-order valence-corrected chi connectivity index (χ3v) is 11.7. The number of aliphatic carboxylic acids is 1. The van der Waals surface area contributed by atoms with E-state index in [9.17, 15) is 9.59 Å². The van der Waals surface area contributed by atoms with Crippen LogP contribution in [0.2, 0.25) is 0 Å². The lowest BCUT2D eigenvalue weighted by molar-refractivity contribution is -0.139. The Morgan fingerprint density at radius 3 is 0.589 bits per heavy atom. The van der Waals surface area contributed by atoms with Crippen LogP contribution in [0.25, 0.3) is 0 Å². The Balaban J connectivity index is 4.29. The topological polar surface area (TPSA) is 410 Å². The zero-order chi connectivity index (χ0) is 68.6. The Morgan fingerprint density at radius 2 is 0.400 bits per heavy atom. The second kappa shape index (κ2) is 82.4. The van der Waals surface area contributed by atoms with Crippen molar-refractivity contribution < 1.29 is 138 Å². The highest BCUT2D eigenvalue weighted by molar-refractivity contribution is 5.80. The molecule has 0 spiro atoms. The van der Waals surface area contributed by atoms with Crippen LogP contribution in [0.4, 0.5) is 0 Å². The van der Waals surface area contributed by atoms with Crippen molar-refractivity contribution in [3.05, 3.63) is 0 Å². The Hall–Kier alpha value is -2.26. The summed E-state index contributed by atoms with van der Waals surface area (Å²) in [6.45, 7) is 21.2. The SMILES string of the molecule is NCCOCCOCCOCCOCC(COCCOCCOCCOCCOCC(COCCOCCOCCOCCOCC(COCCOCCOCCOCCN)OCCOCCOCCOCCN)NC(=O)CCC(=O)O)OCCOCCOCCOCCN. The van der Waals surface area contributed by atoms with E-state index in [1.807, 2.05) is 0 Å². The van der Waals surface area contributed by atoms with Gasteiger partial charge in [0.15, 0.2) is 0 Å². The summed E-state index contributed by atoms with van der Waals surface area (Å²) in [6.07, 6.45) is -1.13. The molecule has 0 heterocycles. The average Bonchev–Trinajstić information content (AvgIpc) is 3.75. The molecule has 0 aromatic carbocycles. The summed E-state index contributed by atoms with van der Waals surface area (Å²) < 4.78 is 146. The summed E-state index contributed by atoms with van der Waals surface area (Å²) in [6, 6.07) is -0.524. The molecule has 0 saturated carbocycles. The van der Waals surface area contributed by atoms with Crippen LogP contribution in [-0.2, 0) is 133 Å². The molecule has 34 heteroatoms. The number of carboxylic acid groups (broad SMARTS) is 1. The molecule has 568 valence electrons. The molecule has 0 bridgehead atoms. The predicted molar refractivity (Wildman–Crippen MR) is 344 cm³/mol. The van der Waals surface area contributed by atoms with Crippen molar-refractivity contribution in [2.45, 2.75) is 31.1 Å². The minimum Gasteiger partial charge on any atom is -0.481 e. The molecule has 95 heavy (non-hydrogen) atoms. The first kappa shape index (κ1) is 92.7. The number of ether oxygens (including phenoxy) is 26. The van der Waals surface area contributed by atoms with Gasteiger partial charge in [-0.05, 0) is 0 Å². The van der Waals surface area contributed by atoms with Crippen molar-refractivity contribution in [3.8, 4) is 0 Å². The van der Waals surface area contributed by atoms with E-state index in [-0.39, 0.29) is 64.7 Å². The van der Waals surface area contributed by atoms with E-state index in [0.29, 0.717) is 317 Å². The molecule has 1 amide bonds. The van der Waals surface area contributed by atoms with Gasteiger partial charge in [0, 0.05) is 32.6 Å². The van der Waals surface area contributed by atoms with Crippen LogP contribution in [0.15, 0.2) is 0 Å². The van der Waals surface area contributed by atoms with Gasteiger partial charge in [-0.1, -0.05) is 0 Å². The highest BCUT2D eigenvalue weighted by atomic mass is 16.6. The van der Waals surface area contributed by atoms with E-state index in [4.69, 9.17) is 151 Å². The molecular formula is C61H125N5O29. The molecule has 0 aromatic heterocycles. The lowest BCUT2D eigenvalue weighted by Crippen LogP contribution is -2.42. The first-order valence-corrected chi connectivity index (χ1v) is 33.4. The second-order valence-corrected chi connectivity index (χ2v) is 19.8. The van der Waals surface area contributed by atoms with Gasteiger partial charge < -0.3 is 157 Å². The number of hydrogen-bond acceptors (Lipinski definition) is 32. The van der Waals surface area contributed by atoms with E-state index >= 15 is 0 Å². The second-order valence-electron chi connectivity index (χ2n) is 19.8. The van der Waals surface area contributed by atoms with Crippen LogP contribution in [-0.4, -0.2) is 392 Å². The van der Waals surface area contributed by atoms with E-state index < -0.39 is 17.9 Å². The summed E-state index contributed by atoms with van der Waals surface area (Å²) in [5.74, 6) is -1.49. The van der Waals surface area contributed by atoms with Crippen molar-refractivity contribution in [2.75, 3.05) is 357 Å². The molecule has 0 saturated heterocycles. The summed E-state index contributed by atoms with van der Waals surface area (Å²) in [7, 11) is 0. The van der Waals surface area contributed by atoms with E-state index in [1.165, 1.54) is 0 Å². The average molecular weight is 1390 g/mol. The summed E-state index contributed by atoms with van der Waals surface area (Å²) in [4.78, 5) is 23.5. The van der Waals surface area contributed by atoms with Crippen molar-refractivity contribution in [1.82, 2.24) is 5.32 Å². The molecule has 2 atom stereocenters. The summed E-state index contributed by atoms with van der Waals surface area (Å²) in [5, 5.41) is 11.8. The van der Waals surface area contributed by atoms with Crippen LogP contribution in [0.1, 0.15) is 12.8 Å². The molecule has 0 rings (SSSR count). The number of hydrogen-bond donors (Lipinski definition) is 6. The van der Waals surface area contributed by atoms with Crippen LogP contribution in [0, 0.1) is 0 Å². The van der Waals surface area contributed by atoms with Gasteiger partial charge >= 0.3 is 5.97 Å². The summed E-state index contributed by atoms with van der Waals surface area (Å²) >= 11 is 0. The van der Waals surface area contributed by atoms with Crippen molar-refractivity contribution >= 4 is 11.9 Å². The standard InChI is InChI=1S/C61H125N5O29/c62-3-7-70-11-15-74-19-27-82-37-43-90-53-58(94-49-47-86-33-31-76-17-13-72-9-5-64)55-92-45-39-84-29-23-78-21-25-80-35-41-88-51-57(66-60(67)1-2-61(68)69)52-89-42-36-81-26-22-79-24-30-85-40-46-93-56-59(95-50-48-87-34-32-77-18-14-73-10-6-65)54-91-44-38-83-28-20-75-16-12-71-8-4-63/h57-59H,1-56,62-65H2,(H,66,67)(H,68,69). The normalized spacial score (nSPS) is 12.7. The maximum atomic E-state index is 12.4. The van der Waals surface area contributed by atoms with Crippen LogP contribution in [0.5, 0.6) is 0 Å². The van der Waals surface area contributed by atoms with Crippen molar-refractivity contribution in [1.29, 1.82) is 0 Å². The monoisotopic (exact) mass is 1390 g/mol. The van der Waals surface area contributed by atoms with Gasteiger partial charge in [0.1, 0.15) is 12.2 Å². The molecule has 34 nitrogen and oxygen atoms in total. The van der Waals surface area contributed by atoms with Crippen molar-refractivity contribution in [2.24, 2.45) is 22.9 Å². The fourth-order valence-electron chi connectivity index (χ4n) is 7.09. The molecule has 0 aliphatic heterocycles. The van der Waals surface area contributed by atoms with Gasteiger partial charge in [-0.25, -0.2) is 0 Å². The molecule has 0 radical (unpaired) electrons. The van der Waals surface area contributed by atoms with Crippen LogP contribution in [0.3, 0.4) is 0 Å². The molecule has 2 unspecified atom stereocenters. The molecule has 0 aliphatic rings. The van der Waals surface area contributed by atoms with Crippen LogP contribution < -0.4 is 28.3 Å². The fourth-order valence-corrected chi connectivity index (χ4v) is 7.09. The first-order valence-electron chi connectivity index (χ1n) is 33.4. The first-order chi connectivity index (χ1) is 47.0.